The van der Waals surface area contributed by atoms with E-state index in [4.69, 9.17) is 25.2 Å². The number of aromatic nitrogens is 4. The number of carbonyl (C=O) groups excluding carboxylic acids is 1. The highest BCUT2D eigenvalue weighted by molar-refractivity contribution is 5.92. The molecule has 1 aromatic carbocycles. The summed E-state index contributed by atoms with van der Waals surface area (Å²) in [4.78, 5) is 27.9. The fourth-order valence-electron chi connectivity index (χ4n) is 7.91. The van der Waals surface area contributed by atoms with E-state index in [0.29, 0.717) is 73.7 Å². The maximum Gasteiger partial charge on any atom is 0.418 e. The summed E-state index contributed by atoms with van der Waals surface area (Å²) in [7, 11) is 3.30. The number of benzene rings is 1. The van der Waals surface area contributed by atoms with Crippen molar-refractivity contribution in [2.24, 2.45) is 0 Å². The third kappa shape index (κ3) is 6.44. The standard InChI is InChI=1S/C36H39F5N8O3/c1-4-7-22-12-25(42)31(38)29(30(22)36(39,40)41)28-14-26-24(19-51-28)32(47-9-6-11-49-23(18-47)13-27(45-49)33(50)46(2)3)44-34(43-26)52-20-35-8-5-10-48(35)17-21(15-35)16-37/h12-13,16,28H,5-6,8-11,14-15,17-20,42H2,1-3H3/b21-16+/t28-,35+/m1/s1. The smallest absolute Gasteiger partial charge is 0.418 e. The van der Waals surface area contributed by atoms with Crippen LogP contribution < -0.4 is 15.4 Å². The fourth-order valence-corrected chi connectivity index (χ4v) is 7.91. The largest absolute Gasteiger partial charge is 0.461 e. The van der Waals surface area contributed by atoms with E-state index in [9.17, 15) is 22.4 Å². The van der Waals surface area contributed by atoms with Gasteiger partial charge >= 0.3 is 12.2 Å². The second kappa shape index (κ2) is 13.7. The summed E-state index contributed by atoms with van der Waals surface area (Å²) in [5, 5.41) is 4.52. The van der Waals surface area contributed by atoms with Gasteiger partial charge < -0.3 is 25.0 Å². The average molecular weight is 727 g/mol. The molecule has 11 nitrogen and oxygen atoms in total. The Morgan fingerprint density at radius 2 is 2.00 bits per heavy atom. The molecule has 16 heteroatoms. The van der Waals surface area contributed by atoms with Crippen LogP contribution in [-0.4, -0.2) is 81.3 Å². The van der Waals surface area contributed by atoms with Crippen molar-refractivity contribution >= 4 is 17.4 Å². The molecule has 2 fully saturated rings. The molecule has 1 amide bonds. The number of fused-ring (bicyclic) bond motifs is 3. The molecule has 276 valence electrons. The molecule has 2 N–H and O–H groups in total. The minimum Gasteiger partial charge on any atom is -0.461 e. The van der Waals surface area contributed by atoms with E-state index < -0.39 is 46.0 Å². The summed E-state index contributed by atoms with van der Waals surface area (Å²) < 4.78 is 87.2. The summed E-state index contributed by atoms with van der Waals surface area (Å²) in [6.07, 6.45) is -3.08. The highest BCUT2D eigenvalue weighted by Crippen LogP contribution is 2.45. The van der Waals surface area contributed by atoms with Crippen LogP contribution in [-0.2, 0) is 37.0 Å². The predicted molar refractivity (Wildman–Crippen MR) is 180 cm³/mol. The average Bonchev–Trinajstić information content (AvgIpc) is 3.75. The Morgan fingerprint density at radius 1 is 1.19 bits per heavy atom. The van der Waals surface area contributed by atoms with Gasteiger partial charge in [0.05, 0.1) is 53.8 Å². The first kappa shape index (κ1) is 35.6. The van der Waals surface area contributed by atoms with E-state index in [-0.39, 0.29) is 31.6 Å². The van der Waals surface area contributed by atoms with Gasteiger partial charge in [-0.25, -0.2) is 8.78 Å². The van der Waals surface area contributed by atoms with Crippen molar-refractivity contribution in [3.63, 3.8) is 0 Å². The number of carbonyl (C=O) groups is 1. The number of anilines is 2. The van der Waals surface area contributed by atoms with E-state index in [2.05, 4.69) is 21.8 Å². The number of hydrogen-bond acceptors (Lipinski definition) is 9. The monoisotopic (exact) mass is 726 g/mol. The number of aryl methyl sites for hydroxylation is 1. The zero-order valence-electron chi connectivity index (χ0n) is 29.1. The van der Waals surface area contributed by atoms with Crippen molar-refractivity contribution in [2.45, 2.75) is 76.5 Å². The van der Waals surface area contributed by atoms with Gasteiger partial charge in [0.2, 0.25) is 0 Å². The molecule has 2 saturated heterocycles. The maximum absolute atomic E-state index is 15.7. The van der Waals surface area contributed by atoms with Gasteiger partial charge in [0.25, 0.3) is 5.91 Å². The molecule has 0 spiro atoms. The van der Waals surface area contributed by atoms with Gasteiger partial charge in [0.15, 0.2) is 11.5 Å². The first-order valence-corrected chi connectivity index (χ1v) is 17.1. The van der Waals surface area contributed by atoms with Crippen molar-refractivity contribution in [2.75, 3.05) is 51.0 Å². The summed E-state index contributed by atoms with van der Waals surface area (Å²) in [6.45, 7) is 4.01. The lowest BCUT2D eigenvalue weighted by atomic mass is 9.91. The van der Waals surface area contributed by atoms with Crippen LogP contribution >= 0.6 is 0 Å². The normalized spacial score (nSPS) is 22.3. The quantitative estimate of drug-likeness (QED) is 0.209. The number of nitrogen functional groups attached to an aromatic ring is 1. The van der Waals surface area contributed by atoms with Crippen LogP contribution in [0.15, 0.2) is 24.0 Å². The van der Waals surface area contributed by atoms with E-state index in [1.807, 2.05) is 4.90 Å². The highest BCUT2D eigenvalue weighted by Gasteiger charge is 2.47. The molecule has 0 bridgehead atoms. The minimum absolute atomic E-state index is 0.00355. The van der Waals surface area contributed by atoms with Crippen LogP contribution in [0.2, 0.25) is 0 Å². The number of nitrogens with zero attached hydrogens (tertiary/aromatic N) is 7. The molecule has 2 aromatic heterocycles. The lowest BCUT2D eigenvalue weighted by molar-refractivity contribution is -0.140. The molecule has 0 aliphatic carbocycles. The number of hydrogen-bond donors (Lipinski definition) is 1. The molecule has 7 rings (SSSR count). The van der Waals surface area contributed by atoms with Crippen LogP contribution in [0.4, 0.5) is 33.5 Å². The molecule has 3 aromatic rings. The van der Waals surface area contributed by atoms with Crippen LogP contribution in [0.1, 0.15) is 82.8 Å². The van der Waals surface area contributed by atoms with Crippen molar-refractivity contribution in [3.05, 3.63) is 69.2 Å². The molecular weight excluding hydrogens is 687 g/mol. The third-order valence-electron chi connectivity index (χ3n) is 10.3. The maximum atomic E-state index is 15.7. The SMILES string of the molecule is CC#Cc1cc(N)c(F)c([C@H]2Cc3nc(OC[C@@]45CCCN4C/C(=C/F)C5)nc(N4CCCn5nc(C(=O)N(C)C)cc5C4)c3CO2)c1C(F)(F)F. The van der Waals surface area contributed by atoms with E-state index in [1.54, 1.807) is 24.8 Å². The molecule has 4 aliphatic heterocycles. The molecule has 2 atom stereocenters. The third-order valence-corrected chi connectivity index (χ3v) is 10.3. The van der Waals surface area contributed by atoms with Gasteiger partial charge in [-0.15, -0.1) is 5.92 Å². The van der Waals surface area contributed by atoms with Crippen LogP contribution in [0, 0.1) is 17.7 Å². The number of nitrogens with two attached hydrogens (primary N) is 1. The number of alkyl halides is 3. The Balaban J connectivity index is 1.28. The minimum atomic E-state index is -4.96. The Morgan fingerprint density at radius 3 is 2.73 bits per heavy atom. The number of amides is 1. The zero-order valence-corrected chi connectivity index (χ0v) is 29.1. The summed E-state index contributed by atoms with van der Waals surface area (Å²) in [6, 6.07) is 2.62. The molecule has 0 saturated carbocycles. The topological polar surface area (TPSA) is 115 Å². The number of ether oxygens (including phenoxy) is 2. The van der Waals surface area contributed by atoms with Gasteiger partial charge in [-0.3, -0.25) is 14.4 Å². The molecule has 6 heterocycles. The van der Waals surface area contributed by atoms with Crippen molar-refractivity contribution in [1.29, 1.82) is 0 Å². The van der Waals surface area contributed by atoms with Gasteiger partial charge in [-0.2, -0.15) is 28.2 Å². The Kier molecular flexibility index (Phi) is 9.37. The van der Waals surface area contributed by atoms with Gasteiger partial charge in [0, 0.05) is 56.8 Å². The van der Waals surface area contributed by atoms with E-state index in [1.165, 1.54) is 11.8 Å². The highest BCUT2D eigenvalue weighted by atomic mass is 19.4. The first-order chi connectivity index (χ1) is 24.8. The Bertz CT molecular complexity index is 2000. The molecule has 4 aliphatic rings. The second-order valence-corrected chi connectivity index (χ2v) is 13.9. The van der Waals surface area contributed by atoms with Crippen molar-refractivity contribution in [3.8, 4) is 17.9 Å². The molecule has 52 heavy (non-hydrogen) atoms. The number of rotatable bonds is 6. The summed E-state index contributed by atoms with van der Waals surface area (Å²) >= 11 is 0. The Hall–Kier alpha value is -4.75. The van der Waals surface area contributed by atoms with E-state index >= 15 is 4.39 Å². The van der Waals surface area contributed by atoms with Crippen molar-refractivity contribution in [1.82, 2.24) is 29.5 Å². The van der Waals surface area contributed by atoms with Crippen LogP contribution in [0.5, 0.6) is 6.01 Å². The molecule has 0 radical (unpaired) electrons. The summed E-state index contributed by atoms with van der Waals surface area (Å²) in [5.74, 6) is 3.87. The first-order valence-electron chi connectivity index (χ1n) is 17.1. The lowest BCUT2D eigenvalue weighted by Crippen LogP contribution is -2.43. The Labute approximate surface area is 297 Å². The lowest BCUT2D eigenvalue weighted by Gasteiger charge is -2.33. The van der Waals surface area contributed by atoms with Gasteiger partial charge in [-0.05, 0) is 56.9 Å². The molecule has 0 unspecified atom stereocenters. The van der Waals surface area contributed by atoms with Gasteiger partial charge in [0.1, 0.15) is 12.4 Å². The summed E-state index contributed by atoms with van der Waals surface area (Å²) in [5.41, 5.74) is 5.17. The van der Waals surface area contributed by atoms with Gasteiger partial charge in [-0.1, -0.05) is 5.92 Å². The fraction of sp³-hybridized carbons (Fsp3) is 0.500. The number of halogens is 5. The second-order valence-electron chi connectivity index (χ2n) is 13.9. The van der Waals surface area contributed by atoms with Crippen molar-refractivity contribution < 1.29 is 36.2 Å². The zero-order chi connectivity index (χ0) is 36.9. The van der Waals surface area contributed by atoms with Crippen LogP contribution in [0.3, 0.4) is 0 Å². The van der Waals surface area contributed by atoms with E-state index in [0.717, 1.165) is 31.1 Å². The van der Waals surface area contributed by atoms with Crippen LogP contribution in [0.25, 0.3) is 0 Å². The predicted octanol–water partition coefficient (Wildman–Crippen LogP) is 5.18. The molecular formula is C36H39F5N8O3.